The first kappa shape index (κ1) is 16.5. The zero-order valence-corrected chi connectivity index (χ0v) is 16.5. The summed E-state index contributed by atoms with van der Waals surface area (Å²) in [7, 11) is 0. The lowest BCUT2D eigenvalue weighted by molar-refractivity contribution is 0.174. The molecule has 0 spiro atoms. The number of nitrogens with zero attached hydrogens (tertiary/aromatic N) is 2. The highest BCUT2D eigenvalue weighted by Gasteiger charge is 2.19. The van der Waals surface area contributed by atoms with Gasteiger partial charge in [-0.1, -0.05) is 30.3 Å². The lowest BCUT2D eigenvalue weighted by Crippen LogP contribution is -2.03. The van der Waals surface area contributed by atoms with Crippen LogP contribution in [0.5, 0.6) is 11.5 Å². The number of halogens is 3. The molecule has 0 N–H and O–H groups in total. The highest BCUT2D eigenvalue weighted by atomic mass is 79.9. The van der Waals surface area contributed by atoms with Crippen LogP contribution in [0.25, 0.3) is 0 Å². The topological polar surface area (TPSA) is 36.3 Å². The van der Waals surface area contributed by atoms with E-state index in [4.69, 9.17) is 21.1 Å². The van der Waals surface area contributed by atoms with Crippen LogP contribution in [-0.4, -0.2) is 22.1 Å². The van der Waals surface area contributed by atoms with Crippen molar-refractivity contribution < 1.29 is 9.47 Å². The smallest absolute Gasteiger partial charge is 0.231 e. The van der Waals surface area contributed by atoms with Crippen LogP contribution >= 0.6 is 55.2 Å². The van der Waals surface area contributed by atoms with Gasteiger partial charge in [-0.2, -0.15) is 0 Å². The second-order valence-corrected chi connectivity index (χ2v) is 7.68. The fourth-order valence-corrected chi connectivity index (χ4v) is 4.14. The van der Waals surface area contributed by atoms with Gasteiger partial charge in [0.15, 0.2) is 16.7 Å². The fourth-order valence-electron chi connectivity index (χ4n) is 2.08. The predicted octanol–water partition coefficient (Wildman–Crippen LogP) is 5.34. The molecular weight excluding hydrogens is 455 g/mol. The molecule has 1 aromatic carbocycles. The number of hydrogen-bond acceptors (Lipinski definition) is 4. The summed E-state index contributed by atoms with van der Waals surface area (Å²) in [5.41, 5.74) is 0.967. The predicted molar refractivity (Wildman–Crippen MR) is 95.3 cm³/mol. The monoisotopic (exact) mass is 466 g/mol. The summed E-state index contributed by atoms with van der Waals surface area (Å²) in [6, 6.07) is 3.73. The number of hydrogen-bond donors (Lipinski definition) is 0. The van der Waals surface area contributed by atoms with Crippen LogP contribution < -0.4 is 9.47 Å². The van der Waals surface area contributed by atoms with Crippen LogP contribution in [0.1, 0.15) is 18.9 Å². The second-order valence-electron chi connectivity index (χ2n) is 4.71. The molecular formula is C14H13Br2ClN2O2S. The highest BCUT2D eigenvalue weighted by Crippen LogP contribution is 2.38. The largest absolute Gasteiger partial charge is 0.454 e. The van der Waals surface area contributed by atoms with Gasteiger partial charge in [-0.05, 0) is 49.9 Å². The molecule has 0 atom stereocenters. The van der Waals surface area contributed by atoms with E-state index >= 15 is 0 Å². The minimum atomic E-state index is 0.243. The maximum absolute atomic E-state index is 6.37. The summed E-state index contributed by atoms with van der Waals surface area (Å²) in [6.45, 7) is 3.01. The van der Waals surface area contributed by atoms with E-state index in [1.54, 1.807) is 17.8 Å². The molecule has 1 aliphatic heterocycles. The average molecular weight is 469 g/mol. The molecule has 0 radical (unpaired) electrons. The number of thioether (sulfide) groups is 1. The first-order valence-corrected chi connectivity index (χ1v) is 9.67. The molecule has 1 aliphatic rings. The number of rotatable bonds is 5. The fraction of sp³-hybridized carbons (Fsp3) is 0.357. The molecule has 3 rings (SSSR count). The normalized spacial score (nSPS) is 12.9. The number of aromatic nitrogens is 2. The number of benzene rings is 1. The summed E-state index contributed by atoms with van der Waals surface area (Å²) in [5, 5.41) is 1.61. The molecule has 1 aromatic heterocycles. The Morgan fingerprint density at radius 1 is 1.32 bits per heavy atom. The van der Waals surface area contributed by atoms with Crippen LogP contribution in [0.15, 0.2) is 26.5 Å². The first-order chi connectivity index (χ1) is 10.6. The van der Waals surface area contributed by atoms with E-state index in [2.05, 4.69) is 48.3 Å². The Kier molecular flexibility index (Phi) is 5.27. The van der Waals surface area contributed by atoms with E-state index in [0.717, 1.165) is 37.8 Å². The summed E-state index contributed by atoms with van der Waals surface area (Å²) in [5.74, 6) is 2.45. The van der Waals surface area contributed by atoms with Gasteiger partial charge in [-0.3, -0.25) is 0 Å². The van der Waals surface area contributed by atoms with E-state index < -0.39 is 0 Å². The van der Waals surface area contributed by atoms with Crippen LogP contribution in [0.4, 0.5) is 0 Å². The van der Waals surface area contributed by atoms with Gasteiger partial charge >= 0.3 is 0 Å². The molecule has 0 bridgehead atoms. The Morgan fingerprint density at radius 3 is 2.77 bits per heavy atom. The van der Waals surface area contributed by atoms with Crippen molar-refractivity contribution in [1.82, 2.24) is 9.55 Å². The molecule has 2 aromatic rings. The van der Waals surface area contributed by atoms with E-state index in [1.165, 1.54) is 0 Å². The molecule has 2 heterocycles. The Morgan fingerprint density at radius 2 is 2.05 bits per heavy atom. The van der Waals surface area contributed by atoms with Gasteiger partial charge in [0, 0.05) is 16.8 Å². The molecule has 22 heavy (non-hydrogen) atoms. The van der Waals surface area contributed by atoms with Gasteiger partial charge in [0.25, 0.3) is 0 Å². The Hall–Kier alpha value is -0.370. The Bertz CT molecular complexity index is 709. The molecule has 8 heteroatoms. The zero-order valence-electron chi connectivity index (χ0n) is 11.7. The number of fused-ring (bicyclic) bond motifs is 1. The number of ether oxygens (including phenoxy) is 2. The standard InChI is InChI=1S/C14H13Br2ClN2O2S/c1-2-3-22-14-18-12(15)13(16)19(14)6-8-4-10-11(5-9(8)17)21-7-20-10/h4-5H,2-3,6-7H2,1H3. The van der Waals surface area contributed by atoms with Gasteiger partial charge < -0.3 is 14.0 Å². The summed E-state index contributed by atoms with van der Waals surface area (Å²) in [4.78, 5) is 4.54. The quantitative estimate of drug-likeness (QED) is 0.555. The van der Waals surface area contributed by atoms with Gasteiger partial charge in [-0.25, -0.2) is 4.98 Å². The third-order valence-corrected chi connectivity index (χ3v) is 6.56. The van der Waals surface area contributed by atoms with Crippen LogP contribution in [0, 0.1) is 0 Å². The van der Waals surface area contributed by atoms with Crippen LogP contribution in [0.2, 0.25) is 5.02 Å². The molecule has 0 unspecified atom stereocenters. The van der Waals surface area contributed by atoms with Gasteiger partial charge in [-0.15, -0.1) is 0 Å². The molecule has 118 valence electrons. The van der Waals surface area contributed by atoms with Crippen molar-refractivity contribution in [2.24, 2.45) is 0 Å². The van der Waals surface area contributed by atoms with E-state index in [9.17, 15) is 0 Å². The summed E-state index contributed by atoms with van der Waals surface area (Å²) in [6.07, 6.45) is 1.09. The Balaban J connectivity index is 1.93. The van der Waals surface area contributed by atoms with E-state index in [-0.39, 0.29) is 6.79 Å². The number of imidazole rings is 1. The first-order valence-electron chi connectivity index (χ1n) is 6.72. The lowest BCUT2D eigenvalue weighted by atomic mass is 10.2. The third-order valence-electron chi connectivity index (χ3n) is 3.14. The Labute approximate surface area is 154 Å². The van der Waals surface area contributed by atoms with Crippen molar-refractivity contribution in [1.29, 1.82) is 0 Å². The molecule has 0 aliphatic carbocycles. The van der Waals surface area contributed by atoms with E-state index in [0.29, 0.717) is 17.3 Å². The van der Waals surface area contributed by atoms with Crippen molar-refractivity contribution in [3.63, 3.8) is 0 Å². The van der Waals surface area contributed by atoms with Gasteiger partial charge in [0.05, 0.1) is 6.54 Å². The maximum atomic E-state index is 6.37. The molecule has 0 saturated carbocycles. The molecule has 4 nitrogen and oxygen atoms in total. The third kappa shape index (κ3) is 3.27. The highest BCUT2D eigenvalue weighted by molar-refractivity contribution is 9.13. The molecule has 0 fully saturated rings. The minimum absolute atomic E-state index is 0.243. The van der Waals surface area contributed by atoms with Crippen molar-refractivity contribution in [2.75, 3.05) is 12.5 Å². The molecule has 0 saturated heterocycles. The van der Waals surface area contributed by atoms with Crippen molar-refractivity contribution in [3.8, 4) is 11.5 Å². The van der Waals surface area contributed by atoms with Crippen LogP contribution in [-0.2, 0) is 6.54 Å². The van der Waals surface area contributed by atoms with Crippen molar-refractivity contribution in [2.45, 2.75) is 25.0 Å². The summed E-state index contributed by atoms with van der Waals surface area (Å²) >= 11 is 15.1. The van der Waals surface area contributed by atoms with E-state index in [1.807, 2.05) is 6.07 Å². The van der Waals surface area contributed by atoms with Crippen molar-refractivity contribution in [3.05, 3.63) is 31.9 Å². The summed E-state index contributed by atoms with van der Waals surface area (Å²) < 4.78 is 14.6. The van der Waals surface area contributed by atoms with Crippen molar-refractivity contribution >= 4 is 55.2 Å². The van der Waals surface area contributed by atoms with Crippen LogP contribution in [0.3, 0.4) is 0 Å². The SMILES string of the molecule is CCCSc1nc(Br)c(Br)n1Cc1cc2c(cc1Cl)OCO2. The average Bonchev–Trinajstić information content (AvgIpc) is 3.04. The zero-order chi connectivity index (χ0) is 15.7. The lowest BCUT2D eigenvalue weighted by Gasteiger charge is -2.11. The second kappa shape index (κ2) is 7.03. The minimum Gasteiger partial charge on any atom is -0.454 e. The van der Waals surface area contributed by atoms with Gasteiger partial charge in [0.1, 0.15) is 9.21 Å². The van der Waals surface area contributed by atoms with Gasteiger partial charge in [0.2, 0.25) is 6.79 Å². The molecule has 0 amide bonds. The maximum Gasteiger partial charge on any atom is 0.231 e.